The normalized spacial score (nSPS) is 10.6. The minimum absolute atomic E-state index is 0.241. The van der Waals surface area contributed by atoms with E-state index in [1.807, 2.05) is 42.5 Å². The molecule has 0 unspecified atom stereocenters. The van der Waals surface area contributed by atoms with Crippen molar-refractivity contribution in [1.29, 1.82) is 0 Å². The highest BCUT2D eigenvalue weighted by atomic mass is 32.2. The third-order valence-electron chi connectivity index (χ3n) is 4.10. The van der Waals surface area contributed by atoms with E-state index in [-0.39, 0.29) is 11.8 Å². The molecular formula is C22H17FN4OS2. The Hall–Kier alpha value is -3.23. The van der Waals surface area contributed by atoms with Gasteiger partial charge in [-0.3, -0.25) is 5.32 Å². The molecule has 3 aromatic carbocycles. The molecule has 0 aliphatic rings. The zero-order chi connectivity index (χ0) is 20.8. The van der Waals surface area contributed by atoms with Crippen molar-refractivity contribution >= 4 is 39.9 Å². The van der Waals surface area contributed by atoms with Gasteiger partial charge < -0.3 is 5.32 Å². The number of anilines is 2. The first-order valence-corrected chi connectivity index (χ1v) is 10.9. The summed E-state index contributed by atoms with van der Waals surface area (Å²) in [6.45, 7) is 0. The Morgan fingerprint density at radius 2 is 1.63 bits per heavy atom. The van der Waals surface area contributed by atoms with Crippen molar-refractivity contribution in [3.63, 3.8) is 0 Å². The summed E-state index contributed by atoms with van der Waals surface area (Å²) in [6.07, 6.45) is 0. The monoisotopic (exact) mass is 436 g/mol. The highest BCUT2D eigenvalue weighted by Crippen LogP contribution is 2.35. The van der Waals surface area contributed by atoms with Crippen LogP contribution in [0.5, 0.6) is 0 Å². The Morgan fingerprint density at radius 3 is 2.43 bits per heavy atom. The highest BCUT2D eigenvalue weighted by molar-refractivity contribution is 7.98. The van der Waals surface area contributed by atoms with Gasteiger partial charge in [0.05, 0.1) is 0 Å². The molecule has 1 heterocycles. The van der Waals surface area contributed by atoms with Crippen molar-refractivity contribution in [3.05, 3.63) is 90.2 Å². The first-order chi connectivity index (χ1) is 14.7. The van der Waals surface area contributed by atoms with E-state index in [1.165, 1.54) is 23.5 Å². The predicted octanol–water partition coefficient (Wildman–Crippen LogP) is 6.28. The summed E-state index contributed by atoms with van der Waals surface area (Å²) in [5, 5.41) is 14.9. The molecule has 2 amide bonds. The molecule has 5 nitrogen and oxygen atoms in total. The number of aromatic nitrogens is 2. The van der Waals surface area contributed by atoms with Crippen LogP contribution < -0.4 is 10.6 Å². The first-order valence-electron chi connectivity index (χ1n) is 9.10. The summed E-state index contributed by atoms with van der Waals surface area (Å²) < 4.78 is 13.1. The largest absolute Gasteiger partial charge is 0.325 e. The Morgan fingerprint density at radius 1 is 0.900 bits per heavy atom. The molecule has 30 heavy (non-hydrogen) atoms. The lowest BCUT2D eigenvalue weighted by atomic mass is 10.2. The number of hydrogen-bond acceptors (Lipinski definition) is 5. The summed E-state index contributed by atoms with van der Waals surface area (Å²) in [5.41, 5.74) is 2.68. The van der Waals surface area contributed by atoms with E-state index in [9.17, 15) is 9.18 Å². The number of carbonyl (C=O) groups is 1. The van der Waals surface area contributed by atoms with Crippen LogP contribution in [-0.2, 0) is 5.75 Å². The number of amides is 2. The van der Waals surface area contributed by atoms with Crippen LogP contribution in [0.1, 0.15) is 5.56 Å². The van der Waals surface area contributed by atoms with Crippen molar-refractivity contribution < 1.29 is 9.18 Å². The van der Waals surface area contributed by atoms with Crippen molar-refractivity contribution in [2.75, 3.05) is 10.6 Å². The number of halogens is 1. The molecule has 0 saturated heterocycles. The number of hydrogen-bond donors (Lipinski definition) is 2. The SMILES string of the molecule is O=C(Nc1ccccc1)Nc1nnc(-c2ccccc2SCc2ccc(F)cc2)s1. The van der Waals surface area contributed by atoms with E-state index >= 15 is 0 Å². The molecule has 8 heteroatoms. The van der Waals surface area contributed by atoms with Gasteiger partial charge in [0.2, 0.25) is 5.13 Å². The van der Waals surface area contributed by atoms with Gasteiger partial charge >= 0.3 is 6.03 Å². The van der Waals surface area contributed by atoms with Crippen molar-refractivity contribution in [1.82, 2.24) is 10.2 Å². The zero-order valence-corrected chi connectivity index (χ0v) is 17.3. The fourth-order valence-electron chi connectivity index (χ4n) is 2.67. The fraction of sp³-hybridized carbons (Fsp3) is 0.0455. The highest BCUT2D eigenvalue weighted by Gasteiger charge is 2.13. The Labute approximate surface area is 181 Å². The molecule has 1 aromatic heterocycles. The molecule has 0 spiro atoms. The standard InChI is InChI=1S/C22H17FN4OS2/c23-16-12-10-15(11-13-16)14-29-19-9-5-4-8-18(19)20-26-27-22(30-20)25-21(28)24-17-6-2-1-3-7-17/h1-13H,14H2,(H2,24,25,27,28). The van der Waals surface area contributed by atoms with Gasteiger partial charge in [0.1, 0.15) is 5.82 Å². The van der Waals surface area contributed by atoms with Gasteiger partial charge in [0, 0.05) is 21.9 Å². The number of thioether (sulfide) groups is 1. The first kappa shape index (κ1) is 20.1. The van der Waals surface area contributed by atoms with Gasteiger partial charge in [-0.15, -0.1) is 22.0 Å². The summed E-state index contributed by atoms with van der Waals surface area (Å²) >= 11 is 2.95. The van der Waals surface area contributed by atoms with Crippen LogP contribution >= 0.6 is 23.1 Å². The van der Waals surface area contributed by atoms with Gasteiger partial charge in [-0.1, -0.05) is 59.9 Å². The second-order valence-corrected chi connectivity index (χ2v) is 8.26. The number of benzene rings is 3. The maximum absolute atomic E-state index is 13.1. The lowest BCUT2D eigenvalue weighted by Crippen LogP contribution is -2.19. The van der Waals surface area contributed by atoms with Crippen molar-refractivity contribution in [2.24, 2.45) is 0 Å². The molecule has 0 atom stereocenters. The van der Waals surface area contributed by atoms with E-state index < -0.39 is 0 Å². The summed E-state index contributed by atoms with van der Waals surface area (Å²) in [4.78, 5) is 13.2. The number of nitrogens with one attached hydrogen (secondary N) is 2. The van der Waals surface area contributed by atoms with Gasteiger partial charge in [-0.05, 0) is 35.9 Å². The fourth-order valence-corrected chi connectivity index (χ4v) is 4.53. The number of nitrogens with zero attached hydrogens (tertiary/aromatic N) is 2. The molecule has 0 fully saturated rings. The molecule has 4 aromatic rings. The lowest BCUT2D eigenvalue weighted by molar-refractivity contribution is 0.262. The van der Waals surface area contributed by atoms with E-state index in [0.717, 1.165) is 16.0 Å². The molecule has 0 aliphatic heterocycles. The predicted molar refractivity (Wildman–Crippen MR) is 120 cm³/mol. The summed E-state index contributed by atoms with van der Waals surface area (Å²) in [6, 6.07) is 23.2. The average molecular weight is 437 g/mol. The van der Waals surface area contributed by atoms with Crippen molar-refractivity contribution in [2.45, 2.75) is 10.6 Å². The molecule has 0 radical (unpaired) electrons. The average Bonchev–Trinajstić information content (AvgIpc) is 3.22. The third kappa shape index (κ3) is 5.22. The van der Waals surface area contributed by atoms with Gasteiger partial charge in [0.25, 0.3) is 0 Å². The smallest absolute Gasteiger partial charge is 0.308 e. The molecular weight excluding hydrogens is 419 g/mol. The molecule has 4 rings (SSSR count). The van der Waals surface area contributed by atoms with Crippen LogP contribution in [0.2, 0.25) is 0 Å². The molecule has 0 aliphatic carbocycles. The van der Waals surface area contributed by atoms with Crippen LogP contribution in [0.3, 0.4) is 0 Å². The van der Waals surface area contributed by atoms with E-state index in [0.29, 0.717) is 21.6 Å². The molecule has 2 N–H and O–H groups in total. The van der Waals surface area contributed by atoms with E-state index in [2.05, 4.69) is 20.8 Å². The Balaban J connectivity index is 1.44. The number of para-hydroxylation sites is 1. The number of rotatable bonds is 6. The van der Waals surface area contributed by atoms with Crippen LogP contribution in [0.4, 0.5) is 20.0 Å². The van der Waals surface area contributed by atoms with E-state index in [1.54, 1.807) is 36.0 Å². The maximum Gasteiger partial charge on any atom is 0.325 e. The van der Waals surface area contributed by atoms with Crippen molar-refractivity contribution in [3.8, 4) is 10.6 Å². The minimum atomic E-state index is -0.372. The molecule has 150 valence electrons. The van der Waals surface area contributed by atoms with Crippen LogP contribution in [0.25, 0.3) is 10.6 Å². The number of carbonyl (C=O) groups excluding carboxylic acids is 1. The molecule has 0 bridgehead atoms. The van der Waals surface area contributed by atoms with Gasteiger partial charge in [0.15, 0.2) is 5.01 Å². The second-order valence-electron chi connectivity index (χ2n) is 6.27. The second kappa shape index (κ2) is 9.51. The molecule has 0 saturated carbocycles. The topological polar surface area (TPSA) is 66.9 Å². The van der Waals surface area contributed by atoms with Crippen LogP contribution in [0, 0.1) is 5.82 Å². The lowest BCUT2D eigenvalue weighted by Gasteiger charge is -2.07. The van der Waals surface area contributed by atoms with E-state index in [4.69, 9.17) is 0 Å². The Kier molecular flexibility index (Phi) is 6.36. The zero-order valence-electron chi connectivity index (χ0n) is 15.7. The summed E-state index contributed by atoms with van der Waals surface area (Å²) in [5.74, 6) is 0.468. The minimum Gasteiger partial charge on any atom is -0.308 e. The van der Waals surface area contributed by atoms with Gasteiger partial charge in [-0.2, -0.15) is 0 Å². The Bertz CT molecular complexity index is 1130. The van der Waals surface area contributed by atoms with Gasteiger partial charge in [-0.25, -0.2) is 9.18 Å². The third-order valence-corrected chi connectivity index (χ3v) is 6.12. The quantitative estimate of drug-likeness (QED) is 0.349. The maximum atomic E-state index is 13.1. The van der Waals surface area contributed by atoms with Crippen LogP contribution in [0.15, 0.2) is 83.8 Å². The number of urea groups is 1. The summed E-state index contributed by atoms with van der Waals surface area (Å²) in [7, 11) is 0. The van der Waals surface area contributed by atoms with Crippen LogP contribution in [-0.4, -0.2) is 16.2 Å².